The molecular weight excluding hydrogens is 319 g/mol. The fraction of sp³-hybridized carbons (Fsp3) is 0.273. The van der Waals surface area contributed by atoms with Gasteiger partial charge in [-0.05, 0) is 46.9 Å². The Morgan fingerprint density at radius 2 is 2.12 bits per heavy atom. The topological polar surface area (TPSA) is 62.1 Å². The highest BCUT2D eigenvalue weighted by molar-refractivity contribution is 14.1. The summed E-state index contributed by atoms with van der Waals surface area (Å²) in [4.78, 5) is 11.2. The molecule has 0 aliphatic heterocycles. The maximum absolute atomic E-state index is 11.2. The molecule has 1 rings (SSSR count). The molecule has 0 atom stereocenters. The number of rotatable bonds is 5. The Balaban J connectivity index is 2.26. The van der Waals surface area contributed by atoms with E-state index in [2.05, 4.69) is 27.9 Å². The van der Waals surface area contributed by atoms with Gasteiger partial charge in [0.15, 0.2) is 6.61 Å². The maximum atomic E-state index is 11.2. The van der Waals surface area contributed by atoms with E-state index in [4.69, 9.17) is 10.00 Å². The van der Waals surface area contributed by atoms with E-state index < -0.39 is 0 Å². The van der Waals surface area contributed by atoms with E-state index in [1.54, 1.807) is 0 Å². The molecule has 1 aromatic rings. The molecular formula is C11H11IN2O2. The Morgan fingerprint density at radius 1 is 1.44 bits per heavy atom. The highest BCUT2D eigenvalue weighted by Crippen LogP contribution is 2.12. The zero-order valence-electron chi connectivity index (χ0n) is 8.57. The van der Waals surface area contributed by atoms with E-state index in [1.807, 2.05) is 30.3 Å². The van der Waals surface area contributed by atoms with Crippen LogP contribution in [0.3, 0.4) is 0 Å². The molecule has 0 fully saturated rings. The molecule has 0 saturated heterocycles. The molecule has 4 nitrogen and oxygen atoms in total. The van der Waals surface area contributed by atoms with Gasteiger partial charge >= 0.3 is 0 Å². The van der Waals surface area contributed by atoms with E-state index in [1.165, 1.54) is 0 Å². The van der Waals surface area contributed by atoms with Crippen LogP contribution in [0, 0.1) is 14.9 Å². The monoisotopic (exact) mass is 330 g/mol. The summed E-state index contributed by atoms with van der Waals surface area (Å²) in [5.74, 6) is 0.449. The summed E-state index contributed by atoms with van der Waals surface area (Å²) in [5.41, 5.74) is 0. The lowest BCUT2D eigenvalue weighted by Gasteiger charge is -2.06. The molecule has 0 spiro atoms. The zero-order chi connectivity index (χ0) is 11.8. The van der Waals surface area contributed by atoms with Crippen molar-refractivity contribution < 1.29 is 9.53 Å². The second-order valence-electron chi connectivity index (χ2n) is 3.00. The summed E-state index contributed by atoms with van der Waals surface area (Å²) in [6, 6.07) is 9.38. The molecule has 1 aromatic carbocycles. The van der Waals surface area contributed by atoms with Crippen LogP contribution in [-0.4, -0.2) is 19.1 Å². The van der Waals surface area contributed by atoms with E-state index in [9.17, 15) is 4.79 Å². The Bertz CT molecular complexity index is 384. The Labute approximate surface area is 108 Å². The number of hydrogen-bond acceptors (Lipinski definition) is 3. The average Bonchev–Trinajstić information content (AvgIpc) is 2.29. The third-order valence-electron chi connectivity index (χ3n) is 1.74. The van der Waals surface area contributed by atoms with Gasteiger partial charge in [0.2, 0.25) is 0 Å². The molecule has 5 heteroatoms. The molecule has 1 N–H and O–H groups in total. The number of nitrogens with one attached hydrogen (secondary N) is 1. The summed E-state index contributed by atoms with van der Waals surface area (Å²) < 4.78 is 6.37. The molecule has 0 heterocycles. The second kappa shape index (κ2) is 7.06. The number of benzene rings is 1. The van der Waals surface area contributed by atoms with Crippen LogP contribution < -0.4 is 10.1 Å². The van der Waals surface area contributed by atoms with Gasteiger partial charge in [0.1, 0.15) is 5.75 Å². The number of hydrogen-bond donors (Lipinski definition) is 1. The van der Waals surface area contributed by atoms with E-state index in [-0.39, 0.29) is 12.5 Å². The van der Waals surface area contributed by atoms with Gasteiger partial charge < -0.3 is 10.1 Å². The molecule has 16 heavy (non-hydrogen) atoms. The summed E-state index contributed by atoms with van der Waals surface area (Å²) in [6.07, 6.45) is 0.315. The first-order valence-electron chi connectivity index (χ1n) is 4.74. The normalized spacial score (nSPS) is 9.25. The molecule has 0 saturated carbocycles. The predicted octanol–water partition coefficient (Wildman–Crippen LogP) is 1.70. The van der Waals surface area contributed by atoms with Crippen LogP contribution in [0.15, 0.2) is 24.3 Å². The van der Waals surface area contributed by atoms with Gasteiger partial charge in [-0.3, -0.25) is 4.79 Å². The quantitative estimate of drug-likeness (QED) is 0.660. The minimum Gasteiger partial charge on any atom is -0.484 e. The molecule has 84 valence electrons. The predicted molar refractivity (Wildman–Crippen MR) is 67.9 cm³/mol. The number of ether oxygens (including phenoxy) is 1. The van der Waals surface area contributed by atoms with Crippen molar-refractivity contribution in [2.24, 2.45) is 0 Å². The number of amides is 1. The van der Waals surface area contributed by atoms with Crippen molar-refractivity contribution in [3.8, 4) is 11.8 Å². The minimum atomic E-state index is -0.214. The number of nitrogens with zero attached hydrogens (tertiary/aromatic N) is 1. The van der Waals surface area contributed by atoms with Gasteiger partial charge in [0, 0.05) is 10.1 Å². The first-order chi connectivity index (χ1) is 7.72. The number of halogens is 1. The van der Waals surface area contributed by atoms with E-state index >= 15 is 0 Å². The Morgan fingerprint density at radius 3 is 2.75 bits per heavy atom. The van der Waals surface area contributed by atoms with Crippen molar-refractivity contribution in [1.29, 1.82) is 5.26 Å². The number of carbonyl (C=O) groups excluding carboxylic acids is 1. The molecule has 0 radical (unpaired) electrons. The van der Waals surface area contributed by atoms with E-state index in [0.717, 1.165) is 3.57 Å². The lowest BCUT2D eigenvalue weighted by atomic mass is 10.3. The van der Waals surface area contributed by atoms with Crippen molar-refractivity contribution in [1.82, 2.24) is 5.32 Å². The van der Waals surface area contributed by atoms with Gasteiger partial charge in [-0.15, -0.1) is 0 Å². The maximum Gasteiger partial charge on any atom is 0.257 e. The van der Waals surface area contributed by atoms with Crippen molar-refractivity contribution in [3.05, 3.63) is 27.8 Å². The van der Waals surface area contributed by atoms with Gasteiger partial charge in [-0.2, -0.15) is 5.26 Å². The largest absolute Gasteiger partial charge is 0.484 e. The summed E-state index contributed by atoms with van der Waals surface area (Å²) in [7, 11) is 0. The molecule has 0 bridgehead atoms. The van der Waals surface area contributed by atoms with Crippen LogP contribution in [0.25, 0.3) is 0 Å². The second-order valence-corrected chi connectivity index (χ2v) is 4.25. The van der Waals surface area contributed by atoms with Gasteiger partial charge in [-0.25, -0.2) is 0 Å². The van der Waals surface area contributed by atoms with Crippen LogP contribution in [0.5, 0.6) is 5.75 Å². The lowest BCUT2D eigenvalue weighted by molar-refractivity contribution is -0.123. The highest BCUT2D eigenvalue weighted by Gasteiger charge is 2.01. The molecule has 0 aliphatic rings. The standard InChI is InChI=1S/C11H11IN2O2/c12-9-2-4-10(5-3-9)16-8-11(15)14-7-1-6-13/h2-5H,1,7-8H2,(H,14,15). The van der Waals surface area contributed by atoms with Crippen molar-refractivity contribution >= 4 is 28.5 Å². The van der Waals surface area contributed by atoms with Gasteiger partial charge in [0.05, 0.1) is 12.5 Å². The summed E-state index contributed by atoms with van der Waals surface area (Å²) in [6.45, 7) is 0.345. The van der Waals surface area contributed by atoms with Crippen molar-refractivity contribution in [2.45, 2.75) is 6.42 Å². The van der Waals surface area contributed by atoms with Gasteiger partial charge in [-0.1, -0.05) is 0 Å². The third kappa shape index (κ3) is 4.98. The fourth-order valence-corrected chi connectivity index (χ4v) is 1.35. The minimum absolute atomic E-state index is 0.0218. The summed E-state index contributed by atoms with van der Waals surface area (Å²) in [5, 5.41) is 10.9. The zero-order valence-corrected chi connectivity index (χ0v) is 10.7. The SMILES string of the molecule is N#CCCNC(=O)COc1ccc(I)cc1. The molecule has 0 aliphatic carbocycles. The third-order valence-corrected chi connectivity index (χ3v) is 2.46. The Hall–Kier alpha value is -1.29. The van der Waals surface area contributed by atoms with Crippen LogP contribution in [0.4, 0.5) is 0 Å². The Kier molecular flexibility index (Phi) is 5.64. The summed E-state index contributed by atoms with van der Waals surface area (Å²) >= 11 is 2.20. The van der Waals surface area contributed by atoms with Crippen molar-refractivity contribution in [2.75, 3.05) is 13.2 Å². The highest BCUT2D eigenvalue weighted by atomic mass is 127. The van der Waals surface area contributed by atoms with Crippen LogP contribution in [-0.2, 0) is 4.79 Å². The smallest absolute Gasteiger partial charge is 0.257 e. The van der Waals surface area contributed by atoms with Crippen molar-refractivity contribution in [3.63, 3.8) is 0 Å². The molecule has 0 unspecified atom stereocenters. The average molecular weight is 330 g/mol. The van der Waals surface area contributed by atoms with Crippen LogP contribution in [0.1, 0.15) is 6.42 Å². The molecule has 1 amide bonds. The fourth-order valence-electron chi connectivity index (χ4n) is 0.989. The first-order valence-corrected chi connectivity index (χ1v) is 5.82. The number of carbonyl (C=O) groups is 1. The van der Waals surface area contributed by atoms with Crippen LogP contribution in [0.2, 0.25) is 0 Å². The first kappa shape index (κ1) is 12.8. The lowest BCUT2D eigenvalue weighted by Crippen LogP contribution is -2.29. The number of nitriles is 1. The van der Waals surface area contributed by atoms with Gasteiger partial charge in [0.25, 0.3) is 5.91 Å². The van der Waals surface area contributed by atoms with E-state index in [0.29, 0.717) is 18.7 Å². The molecule has 0 aromatic heterocycles. The van der Waals surface area contributed by atoms with Crippen LogP contribution >= 0.6 is 22.6 Å².